The van der Waals surface area contributed by atoms with E-state index in [-0.39, 0.29) is 12.1 Å². The Morgan fingerprint density at radius 1 is 1.20 bits per heavy atom. The van der Waals surface area contributed by atoms with Crippen LogP contribution in [0.5, 0.6) is 0 Å². The number of esters is 1. The zero-order valence-corrected chi connectivity index (χ0v) is 10.1. The molecular formula is C13H24O2. The Hall–Kier alpha value is -0.530. The number of unbranched alkanes of at least 4 members (excludes halogenated alkanes) is 1. The van der Waals surface area contributed by atoms with Gasteiger partial charge in [-0.2, -0.15) is 0 Å². The number of hydrogen-bond acceptors (Lipinski definition) is 2. The van der Waals surface area contributed by atoms with E-state index < -0.39 is 0 Å². The van der Waals surface area contributed by atoms with E-state index >= 15 is 0 Å². The summed E-state index contributed by atoms with van der Waals surface area (Å²) in [5.41, 5.74) is 0. The molecule has 88 valence electrons. The van der Waals surface area contributed by atoms with E-state index in [2.05, 4.69) is 6.92 Å². The second-order valence-electron chi connectivity index (χ2n) is 4.63. The van der Waals surface area contributed by atoms with Gasteiger partial charge in [-0.05, 0) is 31.6 Å². The molecule has 0 aliphatic heterocycles. The zero-order valence-electron chi connectivity index (χ0n) is 10.1. The maximum absolute atomic E-state index is 11.1. The van der Waals surface area contributed by atoms with E-state index in [1.807, 2.05) is 6.92 Å². The Balaban J connectivity index is 2.15. The number of carbonyl (C=O) groups excluding carboxylic acids is 1. The normalized spacial score (nSPS) is 26.3. The molecule has 0 unspecified atom stereocenters. The van der Waals surface area contributed by atoms with Crippen molar-refractivity contribution in [1.82, 2.24) is 0 Å². The van der Waals surface area contributed by atoms with Crippen molar-refractivity contribution in [2.24, 2.45) is 5.92 Å². The highest BCUT2D eigenvalue weighted by atomic mass is 16.5. The minimum Gasteiger partial charge on any atom is -0.462 e. The Labute approximate surface area is 93.4 Å². The van der Waals surface area contributed by atoms with Gasteiger partial charge in [0, 0.05) is 6.42 Å². The van der Waals surface area contributed by atoms with Crippen molar-refractivity contribution in [3.8, 4) is 0 Å². The van der Waals surface area contributed by atoms with Gasteiger partial charge in [-0.1, -0.05) is 33.1 Å². The zero-order chi connectivity index (χ0) is 11.1. The maximum atomic E-state index is 11.1. The molecule has 1 fully saturated rings. The molecule has 0 N–H and O–H groups in total. The largest absolute Gasteiger partial charge is 0.462 e. The van der Waals surface area contributed by atoms with Gasteiger partial charge in [0.2, 0.25) is 0 Å². The first-order chi connectivity index (χ1) is 7.26. The minimum absolute atomic E-state index is 0.0352. The lowest BCUT2D eigenvalue weighted by atomic mass is 9.84. The number of rotatable bonds is 5. The van der Waals surface area contributed by atoms with Crippen molar-refractivity contribution in [1.29, 1.82) is 0 Å². The Morgan fingerprint density at radius 3 is 2.40 bits per heavy atom. The van der Waals surface area contributed by atoms with E-state index in [0.717, 1.165) is 18.8 Å². The van der Waals surface area contributed by atoms with E-state index in [1.165, 1.54) is 32.1 Å². The standard InChI is InChI=1S/C13H24O2/c1-3-5-6-11-7-9-12(10-8-11)15-13(14)4-2/h11-12H,3-10H2,1-2H3. The fourth-order valence-electron chi connectivity index (χ4n) is 2.30. The summed E-state index contributed by atoms with van der Waals surface area (Å²) in [6.45, 7) is 4.10. The fourth-order valence-corrected chi connectivity index (χ4v) is 2.30. The lowest BCUT2D eigenvalue weighted by molar-refractivity contribution is -0.150. The van der Waals surface area contributed by atoms with Crippen LogP contribution in [0.4, 0.5) is 0 Å². The van der Waals surface area contributed by atoms with Crippen molar-refractivity contribution in [3.63, 3.8) is 0 Å². The van der Waals surface area contributed by atoms with Gasteiger partial charge >= 0.3 is 5.97 Å². The quantitative estimate of drug-likeness (QED) is 0.650. The molecular weight excluding hydrogens is 188 g/mol. The van der Waals surface area contributed by atoms with E-state index in [4.69, 9.17) is 4.74 Å². The third kappa shape index (κ3) is 4.67. The van der Waals surface area contributed by atoms with Gasteiger partial charge in [-0.15, -0.1) is 0 Å². The van der Waals surface area contributed by atoms with Crippen LogP contribution in [-0.4, -0.2) is 12.1 Å². The molecule has 1 aliphatic rings. The molecule has 1 rings (SSSR count). The summed E-state index contributed by atoms with van der Waals surface area (Å²) in [6.07, 6.45) is 9.41. The van der Waals surface area contributed by atoms with E-state index in [9.17, 15) is 4.79 Å². The molecule has 0 amide bonds. The highest BCUT2D eigenvalue weighted by Crippen LogP contribution is 2.29. The summed E-state index contributed by atoms with van der Waals surface area (Å²) in [4.78, 5) is 11.1. The van der Waals surface area contributed by atoms with Crippen LogP contribution >= 0.6 is 0 Å². The lowest BCUT2D eigenvalue weighted by Gasteiger charge is -2.28. The highest BCUT2D eigenvalue weighted by molar-refractivity contribution is 5.69. The Kier molecular flexibility index (Phi) is 5.74. The van der Waals surface area contributed by atoms with Crippen LogP contribution in [0.15, 0.2) is 0 Å². The molecule has 0 aromatic rings. The monoisotopic (exact) mass is 212 g/mol. The SMILES string of the molecule is CCCCC1CCC(OC(=O)CC)CC1. The summed E-state index contributed by atoms with van der Waals surface area (Å²) >= 11 is 0. The molecule has 0 saturated heterocycles. The van der Waals surface area contributed by atoms with E-state index in [0.29, 0.717) is 6.42 Å². The second-order valence-corrected chi connectivity index (χ2v) is 4.63. The van der Waals surface area contributed by atoms with Crippen LogP contribution in [-0.2, 0) is 9.53 Å². The molecule has 0 aromatic heterocycles. The predicted octanol–water partition coefficient (Wildman–Crippen LogP) is 3.69. The van der Waals surface area contributed by atoms with Crippen LogP contribution in [0.25, 0.3) is 0 Å². The maximum Gasteiger partial charge on any atom is 0.305 e. The van der Waals surface area contributed by atoms with Gasteiger partial charge in [-0.25, -0.2) is 0 Å². The first-order valence-corrected chi connectivity index (χ1v) is 6.45. The van der Waals surface area contributed by atoms with Crippen LogP contribution in [0.1, 0.15) is 65.2 Å². The molecule has 0 aromatic carbocycles. The van der Waals surface area contributed by atoms with Crippen molar-refractivity contribution >= 4 is 5.97 Å². The lowest BCUT2D eigenvalue weighted by Crippen LogP contribution is -2.24. The van der Waals surface area contributed by atoms with Crippen molar-refractivity contribution in [2.75, 3.05) is 0 Å². The minimum atomic E-state index is -0.0352. The third-order valence-electron chi connectivity index (χ3n) is 3.35. The summed E-state index contributed by atoms with van der Waals surface area (Å²) in [5.74, 6) is 0.855. The van der Waals surface area contributed by atoms with Crippen LogP contribution in [0.2, 0.25) is 0 Å². The van der Waals surface area contributed by atoms with E-state index in [1.54, 1.807) is 0 Å². The predicted molar refractivity (Wildman–Crippen MR) is 61.7 cm³/mol. The number of carbonyl (C=O) groups is 1. The van der Waals surface area contributed by atoms with Gasteiger partial charge in [0.05, 0.1) is 0 Å². The van der Waals surface area contributed by atoms with Gasteiger partial charge in [0.15, 0.2) is 0 Å². The van der Waals surface area contributed by atoms with Crippen LogP contribution in [0, 0.1) is 5.92 Å². The summed E-state index contributed by atoms with van der Waals surface area (Å²) < 4.78 is 5.35. The molecule has 2 heteroatoms. The molecule has 0 bridgehead atoms. The molecule has 1 aliphatic carbocycles. The molecule has 0 atom stereocenters. The Bertz CT molecular complexity index is 181. The van der Waals surface area contributed by atoms with Gasteiger partial charge in [-0.3, -0.25) is 4.79 Å². The first kappa shape index (κ1) is 12.5. The second kappa shape index (κ2) is 6.86. The summed E-state index contributed by atoms with van der Waals surface area (Å²) in [6, 6.07) is 0. The molecule has 0 heterocycles. The van der Waals surface area contributed by atoms with Crippen molar-refractivity contribution in [3.05, 3.63) is 0 Å². The van der Waals surface area contributed by atoms with Crippen molar-refractivity contribution < 1.29 is 9.53 Å². The molecule has 2 nitrogen and oxygen atoms in total. The van der Waals surface area contributed by atoms with Gasteiger partial charge in [0.1, 0.15) is 6.10 Å². The average molecular weight is 212 g/mol. The average Bonchev–Trinajstić information content (AvgIpc) is 2.28. The molecule has 0 radical (unpaired) electrons. The third-order valence-corrected chi connectivity index (χ3v) is 3.35. The smallest absolute Gasteiger partial charge is 0.305 e. The Morgan fingerprint density at radius 2 is 1.87 bits per heavy atom. The molecule has 0 spiro atoms. The molecule has 15 heavy (non-hydrogen) atoms. The number of ether oxygens (including phenoxy) is 1. The van der Waals surface area contributed by atoms with Gasteiger partial charge < -0.3 is 4.74 Å². The van der Waals surface area contributed by atoms with Crippen molar-refractivity contribution in [2.45, 2.75) is 71.3 Å². The fraction of sp³-hybridized carbons (Fsp3) is 0.923. The highest BCUT2D eigenvalue weighted by Gasteiger charge is 2.22. The number of hydrogen-bond donors (Lipinski definition) is 0. The van der Waals surface area contributed by atoms with Gasteiger partial charge in [0.25, 0.3) is 0 Å². The first-order valence-electron chi connectivity index (χ1n) is 6.45. The molecule has 1 saturated carbocycles. The van der Waals surface area contributed by atoms with Crippen LogP contribution in [0.3, 0.4) is 0 Å². The van der Waals surface area contributed by atoms with Crippen LogP contribution < -0.4 is 0 Å². The topological polar surface area (TPSA) is 26.3 Å². The summed E-state index contributed by atoms with van der Waals surface area (Å²) in [5, 5.41) is 0. The summed E-state index contributed by atoms with van der Waals surface area (Å²) in [7, 11) is 0.